The molecule has 0 aromatic carbocycles. The fourth-order valence-electron chi connectivity index (χ4n) is 1.41. The second-order valence-corrected chi connectivity index (χ2v) is 4.10. The summed E-state index contributed by atoms with van der Waals surface area (Å²) in [6.45, 7) is 1.99. The van der Waals surface area contributed by atoms with Crippen molar-refractivity contribution in [2.45, 2.75) is 11.9 Å². The van der Waals surface area contributed by atoms with E-state index in [1.165, 1.54) is 5.03 Å². The Morgan fingerprint density at radius 3 is 2.73 bits per heavy atom. The summed E-state index contributed by atoms with van der Waals surface area (Å²) < 4.78 is 2.14. The molecule has 0 radical (unpaired) electrons. The van der Waals surface area contributed by atoms with Crippen molar-refractivity contribution in [1.29, 1.82) is 0 Å². The molecule has 0 spiro atoms. The minimum Gasteiger partial charge on any atom is -0.255 e. The zero-order valence-corrected chi connectivity index (χ0v) is 9.66. The summed E-state index contributed by atoms with van der Waals surface area (Å²) in [6.07, 6.45) is 6.03. The molecule has 0 saturated carbocycles. The van der Waals surface area contributed by atoms with Crippen LogP contribution in [0, 0.1) is 6.92 Å². The summed E-state index contributed by atoms with van der Waals surface area (Å²) >= 11 is 1.73. The highest BCUT2D eigenvalue weighted by Gasteiger charge is 2.11. The second kappa shape index (κ2) is 4.45. The number of aromatic nitrogens is 2. The zero-order valence-electron chi connectivity index (χ0n) is 8.84. The van der Waals surface area contributed by atoms with Crippen LogP contribution in [0.1, 0.15) is 5.69 Å². The fraction of sp³-hybridized carbons (Fsp3) is 0.167. The number of rotatable bonds is 2. The van der Waals surface area contributed by atoms with E-state index in [9.17, 15) is 0 Å². The van der Waals surface area contributed by atoms with Crippen LogP contribution in [-0.4, -0.2) is 11.2 Å². The minimum absolute atomic E-state index is 1.04. The number of hydrogen-bond donors (Lipinski definition) is 0. The number of pyridine rings is 2. The predicted octanol–water partition coefficient (Wildman–Crippen LogP) is 2.39. The third-order valence-corrected chi connectivity index (χ3v) is 2.96. The van der Waals surface area contributed by atoms with E-state index in [-0.39, 0.29) is 0 Å². The van der Waals surface area contributed by atoms with Crippen LogP contribution < -0.4 is 4.57 Å². The topological polar surface area (TPSA) is 16.8 Å². The average molecular weight is 217 g/mol. The summed E-state index contributed by atoms with van der Waals surface area (Å²) in [5.74, 6) is 0. The molecule has 0 unspecified atom stereocenters. The second-order valence-electron chi connectivity index (χ2n) is 3.27. The molecule has 2 heterocycles. The van der Waals surface area contributed by atoms with E-state index in [1.54, 1.807) is 11.8 Å². The van der Waals surface area contributed by atoms with Gasteiger partial charge in [0.05, 0.1) is 6.20 Å². The SMILES string of the molecule is CSc1cccc[n+]1-c1ccc(C)nc1. The van der Waals surface area contributed by atoms with Gasteiger partial charge in [0.1, 0.15) is 0 Å². The molecule has 2 rings (SSSR count). The molecule has 0 aliphatic carbocycles. The van der Waals surface area contributed by atoms with Crippen LogP contribution in [0.4, 0.5) is 0 Å². The normalized spacial score (nSPS) is 10.3. The van der Waals surface area contributed by atoms with Crippen LogP contribution in [0.2, 0.25) is 0 Å². The molecule has 3 heteroatoms. The number of hydrogen-bond acceptors (Lipinski definition) is 2. The first-order valence-corrected chi connectivity index (χ1v) is 6.01. The quantitative estimate of drug-likeness (QED) is 0.567. The van der Waals surface area contributed by atoms with Crippen LogP contribution in [0.25, 0.3) is 5.69 Å². The summed E-state index contributed by atoms with van der Waals surface area (Å²) in [6, 6.07) is 10.3. The highest BCUT2D eigenvalue weighted by atomic mass is 32.2. The Morgan fingerprint density at radius 1 is 1.20 bits per heavy atom. The van der Waals surface area contributed by atoms with Crippen molar-refractivity contribution in [2.75, 3.05) is 6.26 Å². The third-order valence-electron chi connectivity index (χ3n) is 2.21. The lowest BCUT2D eigenvalue weighted by Gasteiger charge is -1.99. The zero-order chi connectivity index (χ0) is 10.7. The van der Waals surface area contributed by atoms with Gasteiger partial charge in [-0.15, -0.1) is 0 Å². The number of aryl methyl sites for hydroxylation is 1. The molecule has 0 aliphatic heterocycles. The van der Waals surface area contributed by atoms with Gasteiger partial charge in [0, 0.05) is 23.9 Å². The minimum atomic E-state index is 1.04. The number of thioether (sulfide) groups is 1. The molecule has 0 bridgehead atoms. The van der Waals surface area contributed by atoms with Crippen molar-refractivity contribution in [3.05, 3.63) is 48.4 Å². The summed E-state index contributed by atoms with van der Waals surface area (Å²) in [4.78, 5) is 4.30. The molecule has 0 saturated heterocycles. The van der Waals surface area contributed by atoms with Crippen LogP contribution in [0.15, 0.2) is 47.8 Å². The largest absolute Gasteiger partial charge is 0.255 e. The highest BCUT2D eigenvalue weighted by Crippen LogP contribution is 2.10. The first-order valence-electron chi connectivity index (χ1n) is 4.79. The van der Waals surface area contributed by atoms with Gasteiger partial charge in [-0.1, -0.05) is 11.8 Å². The molecule has 15 heavy (non-hydrogen) atoms. The Balaban J connectivity index is 2.49. The lowest BCUT2D eigenvalue weighted by atomic mass is 10.3. The van der Waals surface area contributed by atoms with E-state index in [4.69, 9.17) is 0 Å². The Kier molecular flexibility index (Phi) is 3.02. The molecule has 0 amide bonds. The van der Waals surface area contributed by atoms with E-state index in [2.05, 4.69) is 34.1 Å². The van der Waals surface area contributed by atoms with Gasteiger partial charge in [-0.3, -0.25) is 4.98 Å². The van der Waals surface area contributed by atoms with E-state index in [0.29, 0.717) is 0 Å². The van der Waals surface area contributed by atoms with E-state index < -0.39 is 0 Å². The van der Waals surface area contributed by atoms with Gasteiger partial charge >= 0.3 is 0 Å². The Hall–Kier alpha value is -1.35. The van der Waals surface area contributed by atoms with Gasteiger partial charge in [0.15, 0.2) is 6.20 Å². The maximum atomic E-state index is 4.30. The van der Waals surface area contributed by atoms with Crippen molar-refractivity contribution in [1.82, 2.24) is 4.98 Å². The van der Waals surface area contributed by atoms with Crippen LogP contribution in [0.5, 0.6) is 0 Å². The van der Waals surface area contributed by atoms with E-state index >= 15 is 0 Å². The summed E-state index contributed by atoms with van der Waals surface area (Å²) in [5.41, 5.74) is 2.14. The molecule has 0 atom stereocenters. The molecule has 0 fully saturated rings. The van der Waals surface area contributed by atoms with Crippen molar-refractivity contribution in [2.24, 2.45) is 0 Å². The Morgan fingerprint density at radius 2 is 2.07 bits per heavy atom. The maximum Gasteiger partial charge on any atom is 0.245 e. The smallest absolute Gasteiger partial charge is 0.245 e. The summed E-state index contributed by atoms with van der Waals surface area (Å²) in [5, 5.41) is 1.21. The van der Waals surface area contributed by atoms with Gasteiger partial charge in [0.25, 0.3) is 0 Å². The maximum absolute atomic E-state index is 4.30. The van der Waals surface area contributed by atoms with Gasteiger partial charge < -0.3 is 0 Å². The molecule has 2 aromatic rings. The van der Waals surface area contributed by atoms with Gasteiger partial charge in [-0.25, -0.2) is 0 Å². The molecular weight excluding hydrogens is 204 g/mol. The van der Waals surface area contributed by atoms with Crippen LogP contribution >= 0.6 is 11.8 Å². The van der Waals surface area contributed by atoms with Crippen molar-refractivity contribution in [3.63, 3.8) is 0 Å². The standard InChI is InChI=1S/C12H13N2S/c1-10-6-7-11(9-13-10)14-8-4-3-5-12(14)15-2/h3-9H,1-2H3/q+1. The summed E-state index contributed by atoms with van der Waals surface area (Å²) in [7, 11) is 0. The Bertz CT molecular complexity index is 451. The van der Waals surface area contributed by atoms with E-state index in [1.807, 2.05) is 31.3 Å². The monoisotopic (exact) mass is 217 g/mol. The lowest BCUT2D eigenvalue weighted by Crippen LogP contribution is -2.32. The number of nitrogens with zero attached hydrogens (tertiary/aromatic N) is 2. The van der Waals surface area contributed by atoms with Crippen molar-refractivity contribution < 1.29 is 4.57 Å². The molecule has 0 aliphatic rings. The van der Waals surface area contributed by atoms with E-state index in [0.717, 1.165) is 11.4 Å². The molecule has 0 N–H and O–H groups in total. The van der Waals surface area contributed by atoms with Crippen molar-refractivity contribution in [3.8, 4) is 5.69 Å². The lowest BCUT2D eigenvalue weighted by molar-refractivity contribution is -0.636. The molecule has 2 aromatic heterocycles. The molecule has 76 valence electrons. The van der Waals surface area contributed by atoms with Gasteiger partial charge in [-0.2, -0.15) is 4.57 Å². The molecule has 2 nitrogen and oxygen atoms in total. The highest BCUT2D eigenvalue weighted by molar-refractivity contribution is 7.98. The van der Waals surface area contributed by atoms with Crippen molar-refractivity contribution >= 4 is 11.8 Å². The fourth-order valence-corrected chi connectivity index (χ4v) is 1.99. The molecular formula is C12H13N2S+. The van der Waals surface area contributed by atoms with Crippen LogP contribution in [-0.2, 0) is 0 Å². The van der Waals surface area contributed by atoms with Gasteiger partial charge in [-0.05, 0) is 25.3 Å². The predicted molar refractivity (Wildman–Crippen MR) is 62.3 cm³/mol. The average Bonchev–Trinajstić information content (AvgIpc) is 2.30. The van der Waals surface area contributed by atoms with Crippen LogP contribution in [0.3, 0.4) is 0 Å². The first-order chi connectivity index (χ1) is 7.31. The Labute approximate surface area is 94.0 Å². The van der Waals surface area contributed by atoms with Gasteiger partial charge in [0.2, 0.25) is 10.7 Å². The third kappa shape index (κ3) is 2.18. The first kappa shape index (κ1) is 10.2.